The van der Waals surface area contributed by atoms with Gasteiger partial charge >= 0.3 is 0 Å². The third-order valence-electron chi connectivity index (χ3n) is 6.38. The quantitative estimate of drug-likeness (QED) is 0.496. The molecule has 4 rings (SSSR count). The standard InChI is InChI=1S/C23H33FN6O/c1-23(8-9-23)15-28-22-26-10-7-20(30-22)18-13-21(27-14-19(18)24)29-17-5-3-16(4-6-17)25-11-12-31-2/h7,10,13-14,16-17,25H,3-6,8-9,11-12,15H2,1-2H3,(H,27,29)(H,26,28,30). The second-order valence-electron chi connectivity index (χ2n) is 9.12. The van der Waals surface area contributed by atoms with E-state index >= 15 is 0 Å². The van der Waals surface area contributed by atoms with E-state index in [1.165, 1.54) is 19.0 Å². The number of rotatable bonds is 10. The molecule has 0 spiro atoms. The molecule has 2 fully saturated rings. The normalized spacial score (nSPS) is 22.2. The van der Waals surface area contributed by atoms with Crippen LogP contribution >= 0.6 is 0 Å². The first-order valence-corrected chi connectivity index (χ1v) is 11.3. The van der Waals surface area contributed by atoms with Crippen molar-refractivity contribution >= 4 is 11.8 Å². The fourth-order valence-corrected chi connectivity index (χ4v) is 4.01. The summed E-state index contributed by atoms with van der Waals surface area (Å²) < 4.78 is 19.7. The van der Waals surface area contributed by atoms with E-state index in [4.69, 9.17) is 4.74 Å². The first-order chi connectivity index (χ1) is 15.0. The van der Waals surface area contributed by atoms with Crippen LogP contribution in [0.15, 0.2) is 24.5 Å². The maximum atomic E-state index is 14.6. The number of anilines is 2. The number of nitrogens with one attached hydrogen (secondary N) is 3. The van der Waals surface area contributed by atoms with Gasteiger partial charge in [0.15, 0.2) is 5.82 Å². The molecule has 0 aliphatic heterocycles. The molecule has 3 N–H and O–H groups in total. The first-order valence-electron chi connectivity index (χ1n) is 11.3. The molecule has 2 aromatic heterocycles. The molecular weight excluding hydrogens is 395 g/mol. The van der Waals surface area contributed by atoms with Gasteiger partial charge in [0.05, 0.1) is 18.5 Å². The van der Waals surface area contributed by atoms with Crippen molar-refractivity contribution in [3.63, 3.8) is 0 Å². The van der Waals surface area contributed by atoms with Crippen molar-refractivity contribution in [1.29, 1.82) is 0 Å². The summed E-state index contributed by atoms with van der Waals surface area (Å²) in [6.07, 6.45) is 9.71. The van der Waals surface area contributed by atoms with Gasteiger partial charge < -0.3 is 20.7 Å². The molecule has 0 amide bonds. The Hall–Kier alpha value is -2.32. The van der Waals surface area contributed by atoms with Crippen LogP contribution in [0.25, 0.3) is 11.3 Å². The average Bonchev–Trinajstić information content (AvgIpc) is 3.53. The Balaban J connectivity index is 1.36. The topological polar surface area (TPSA) is 84.0 Å². The maximum Gasteiger partial charge on any atom is 0.223 e. The summed E-state index contributed by atoms with van der Waals surface area (Å²) in [5, 5.41) is 10.3. The van der Waals surface area contributed by atoms with Gasteiger partial charge in [-0.25, -0.2) is 19.3 Å². The Morgan fingerprint density at radius 3 is 2.68 bits per heavy atom. The molecule has 0 bridgehead atoms. The summed E-state index contributed by atoms with van der Waals surface area (Å²) in [5.74, 6) is 0.844. The van der Waals surface area contributed by atoms with Crippen molar-refractivity contribution in [2.45, 2.75) is 57.5 Å². The predicted octanol–water partition coefficient (Wildman–Crippen LogP) is 3.85. The van der Waals surface area contributed by atoms with Gasteiger partial charge in [0.1, 0.15) is 5.82 Å². The second-order valence-corrected chi connectivity index (χ2v) is 9.12. The highest BCUT2D eigenvalue weighted by atomic mass is 19.1. The smallest absolute Gasteiger partial charge is 0.223 e. The highest BCUT2D eigenvalue weighted by Gasteiger charge is 2.37. The van der Waals surface area contributed by atoms with Crippen molar-refractivity contribution in [1.82, 2.24) is 20.3 Å². The van der Waals surface area contributed by atoms with Crippen LogP contribution in [-0.2, 0) is 4.74 Å². The van der Waals surface area contributed by atoms with Gasteiger partial charge in [0.2, 0.25) is 5.95 Å². The molecule has 2 aliphatic rings. The van der Waals surface area contributed by atoms with Gasteiger partial charge in [-0.2, -0.15) is 0 Å². The molecule has 0 saturated heterocycles. The molecule has 0 atom stereocenters. The summed E-state index contributed by atoms with van der Waals surface area (Å²) in [7, 11) is 1.72. The lowest BCUT2D eigenvalue weighted by Gasteiger charge is -2.30. The number of hydrogen-bond acceptors (Lipinski definition) is 7. The molecule has 2 heterocycles. The second kappa shape index (κ2) is 9.87. The molecule has 168 valence electrons. The van der Waals surface area contributed by atoms with Crippen molar-refractivity contribution < 1.29 is 9.13 Å². The van der Waals surface area contributed by atoms with Crippen molar-refractivity contribution in [2.24, 2.45) is 5.41 Å². The highest BCUT2D eigenvalue weighted by molar-refractivity contribution is 5.64. The predicted molar refractivity (Wildman–Crippen MR) is 121 cm³/mol. The number of hydrogen-bond donors (Lipinski definition) is 3. The van der Waals surface area contributed by atoms with Crippen LogP contribution in [0.3, 0.4) is 0 Å². The van der Waals surface area contributed by atoms with Crippen LogP contribution in [0.2, 0.25) is 0 Å². The van der Waals surface area contributed by atoms with E-state index in [9.17, 15) is 4.39 Å². The number of nitrogens with zero attached hydrogens (tertiary/aromatic N) is 3. The van der Waals surface area contributed by atoms with Gasteiger partial charge in [-0.05, 0) is 56.1 Å². The Kier molecular flexibility index (Phi) is 6.97. The fraction of sp³-hybridized carbons (Fsp3) is 0.609. The lowest BCUT2D eigenvalue weighted by atomic mass is 9.91. The van der Waals surface area contributed by atoms with E-state index in [0.29, 0.717) is 40.5 Å². The molecule has 2 aliphatic carbocycles. The number of pyridine rings is 1. The number of aromatic nitrogens is 3. The van der Waals surface area contributed by atoms with Gasteiger partial charge in [0, 0.05) is 44.0 Å². The summed E-state index contributed by atoms with van der Waals surface area (Å²) in [4.78, 5) is 13.1. The van der Waals surface area contributed by atoms with Crippen LogP contribution in [0, 0.1) is 11.2 Å². The minimum absolute atomic E-state index is 0.341. The van der Waals surface area contributed by atoms with E-state index in [0.717, 1.165) is 45.4 Å². The third kappa shape index (κ3) is 6.11. The molecule has 0 unspecified atom stereocenters. The third-order valence-corrected chi connectivity index (χ3v) is 6.38. The van der Waals surface area contributed by atoms with Crippen LogP contribution < -0.4 is 16.0 Å². The van der Waals surface area contributed by atoms with Crippen LogP contribution in [0.5, 0.6) is 0 Å². The zero-order valence-electron chi connectivity index (χ0n) is 18.5. The minimum Gasteiger partial charge on any atom is -0.383 e. The van der Waals surface area contributed by atoms with E-state index < -0.39 is 0 Å². The number of ether oxygens (including phenoxy) is 1. The van der Waals surface area contributed by atoms with E-state index in [2.05, 4.69) is 37.8 Å². The fourth-order valence-electron chi connectivity index (χ4n) is 4.01. The maximum absolute atomic E-state index is 14.6. The van der Waals surface area contributed by atoms with Gasteiger partial charge in [-0.3, -0.25) is 0 Å². The summed E-state index contributed by atoms with van der Waals surface area (Å²) >= 11 is 0. The molecule has 31 heavy (non-hydrogen) atoms. The summed E-state index contributed by atoms with van der Waals surface area (Å²) in [6.45, 7) is 4.70. The Bertz CT molecular complexity index is 867. The highest BCUT2D eigenvalue weighted by Crippen LogP contribution is 2.44. The van der Waals surface area contributed by atoms with Crippen molar-refractivity contribution in [2.75, 3.05) is 37.4 Å². The first kappa shape index (κ1) is 21.9. The Morgan fingerprint density at radius 1 is 1.16 bits per heavy atom. The molecular formula is C23H33FN6O. The van der Waals surface area contributed by atoms with Gasteiger partial charge in [0.25, 0.3) is 0 Å². The lowest BCUT2D eigenvalue weighted by Crippen LogP contribution is -2.38. The summed E-state index contributed by atoms with van der Waals surface area (Å²) in [6, 6.07) is 4.37. The molecule has 0 aromatic carbocycles. The Morgan fingerprint density at radius 2 is 1.94 bits per heavy atom. The largest absolute Gasteiger partial charge is 0.383 e. The molecule has 7 nitrogen and oxygen atoms in total. The molecule has 8 heteroatoms. The monoisotopic (exact) mass is 428 g/mol. The number of halogens is 1. The average molecular weight is 429 g/mol. The lowest BCUT2D eigenvalue weighted by molar-refractivity contribution is 0.191. The number of methoxy groups -OCH3 is 1. The summed E-state index contributed by atoms with van der Waals surface area (Å²) in [5.41, 5.74) is 1.35. The van der Waals surface area contributed by atoms with Crippen LogP contribution in [-0.4, -0.2) is 53.8 Å². The Labute approximate surface area is 183 Å². The van der Waals surface area contributed by atoms with Crippen molar-refractivity contribution in [3.8, 4) is 11.3 Å². The van der Waals surface area contributed by atoms with Crippen molar-refractivity contribution in [3.05, 3.63) is 30.3 Å². The molecule has 2 aromatic rings. The SMILES string of the molecule is COCCNC1CCC(Nc2cc(-c3ccnc(NCC4(C)CC4)n3)c(F)cn2)CC1. The van der Waals surface area contributed by atoms with E-state index in [-0.39, 0.29) is 5.82 Å². The van der Waals surface area contributed by atoms with E-state index in [1.807, 2.05) is 0 Å². The van der Waals surface area contributed by atoms with E-state index in [1.54, 1.807) is 25.4 Å². The molecule has 2 saturated carbocycles. The van der Waals surface area contributed by atoms with Crippen LogP contribution in [0.4, 0.5) is 16.2 Å². The zero-order chi connectivity index (χ0) is 21.7. The van der Waals surface area contributed by atoms with Gasteiger partial charge in [-0.15, -0.1) is 0 Å². The zero-order valence-corrected chi connectivity index (χ0v) is 18.5. The van der Waals surface area contributed by atoms with Gasteiger partial charge in [-0.1, -0.05) is 6.92 Å². The minimum atomic E-state index is -0.379. The van der Waals surface area contributed by atoms with Crippen LogP contribution in [0.1, 0.15) is 45.4 Å². The molecule has 0 radical (unpaired) electrons.